The normalized spacial score (nSPS) is 11.1. The molecule has 1 amide bonds. The van der Waals surface area contributed by atoms with E-state index >= 15 is 0 Å². The van der Waals surface area contributed by atoms with E-state index in [1.165, 1.54) is 0 Å². The monoisotopic (exact) mass is 364 g/mol. The first-order valence-electron chi connectivity index (χ1n) is 7.86. The number of hydrogen-bond acceptors (Lipinski definition) is 7. The van der Waals surface area contributed by atoms with Crippen LogP contribution in [0.15, 0.2) is 18.2 Å². The number of carbonyl (C=O) groups is 2. The molecule has 1 unspecified atom stereocenters. The number of benzene rings is 1. The highest BCUT2D eigenvalue weighted by molar-refractivity contribution is 5.94. The van der Waals surface area contributed by atoms with Crippen LogP contribution in [0.4, 0.5) is 5.95 Å². The van der Waals surface area contributed by atoms with Gasteiger partial charge in [0.2, 0.25) is 5.95 Å². The lowest BCUT2D eigenvalue weighted by Crippen LogP contribution is -2.27. The molecule has 10 heteroatoms. The number of rotatable bonds is 6. The van der Waals surface area contributed by atoms with Gasteiger partial charge in [0.25, 0.3) is 11.9 Å². The van der Waals surface area contributed by atoms with Crippen molar-refractivity contribution in [2.45, 2.75) is 26.8 Å². The molecule has 0 spiro atoms. The number of H-pyrrole nitrogens is 1. The molecule has 0 aliphatic rings. The van der Waals surface area contributed by atoms with Gasteiger partial charge in [0, 0.05) is 19.0 Å². The third-order valence-electron chi connectivity index (χ3n) is 3.10. The van der Waals surface area contributed by atoms with Crippen molar-refractivity contribution in [1.29, 1.82) is 0 Å². The Kier molecular flexibility index (Phi) is 8.03. The van der Waals surface area contributed by atoms with Gasteiger partial charge in [0.05, 0.1) is 6.04 Å². The lowest BCUT2D eigenvalue weighted by molar-refractivity contribution is -0.134. The number of ether oxygens (including phenoxy) is 1. The molecule has 1 atom stereocenters. The highest BCUT2D eigenvalue weighted by Crippen LogP contribution is 2.20. The smallest absolute Gasteiger partial charge is 0.300 e. The van der Waals surface area contributed by atoms with Gasteiger partial charge in [0.1, 0.15) is 18.2 Å². The summed E-state index contributed by atoms with van der Waals surface area (Å²) in [5, 5.41) is 16.6. The number of nitrogens with one attached hydrogen (secondary N) is 2. The molecule has 142 valence electrons. The van der Waals surface area contributed by atoms with Crippen molar-refractivity contribution in [2.75, 3.05) is 18.9 Å². The standard InChI is InChI=1S/C14H20N6O2.C2H4O2/c1-8-3-4-10(7-11(8)22-6-5-15)13(21)17-9(2)12-18-14(16)20-19-12;1-2(3)4/h3-4,7,9H,5-6,15H2,1-2H3,(H,17,21)(H3,16,18,19,20);1H3,(H,3,4). The third-order valence-corrected chi connectivity index (χ3v) is 3.10. The maximum Gasteiger partial charge on any atom is 0.300 e. The van der Waals surface area contributed by atoms with E-state index in [1.54, 1.807) is 19.1 Å². The van der Waals surface area contributed by atoms with E-state index in [1.807, 2.05) is 13.0 Å². The number of carboxylic acids is 1. The molecule has 0 aliphatic heterocycles. The minimum atomic E-state index is -0.833. The number of nitrogens with two attached hydrogens (primary N) is 2. The summed E-state index contributed by atoms with van der Waals surface area (Å²) in [5.41, 5.74) is 12.3. The average molecular weight is 364 g/mol. The molecular weight excluding hydrogens is 340 g/mol. The number of aromatic nitrogens is 3. The van der Waals surface area contributed by atoms with Crippen LogP contribution in [0.25, 0.3) is 0 Å². The topological polar surface area (TPSA) is 169 Å². The van der Waals surface area contributed by atoms with Crippen LogP contribution in [-0.4, -0.2) is 45.3 Å². The van der Waals surface area contributed by atoms with Crippen molar-refractivity contribution in [3.8, 4) is 5.75 Å². The van der Waals surface area contributed by atoms with Crippen molar-refractivity contribution in [3.05, 3.63) is 35.2 Å². The molecule has 26 heavy (non-hydrogen) atoms. The summed E-state index contributed by atoms with van der Waals surface area (Å²) in [5.74, 6) is 0.219. The molecule has 0 saturated carbocycles. The predicted octanol–water partition coefficient (Wildman–Crippen LogP) is 0.615. The van der Waals surface area contributed by atoms with Crippen molar-refractivity contribution < 1.29 is 19.4 Å². The number of aryl methyl sites for hydroxylation is 1. The second-order valence-electron chi connectivity index (χ2n) is 5.41. The van der Waals surface area contributed by atoms with Crippen molar-refractivity contribution in [3.63, 3.8) is 0 Å². The zero-order valence-electron chi connectivity index (χ0n) is 14.9. The second-order valence-corrected chi connectivity index (χ2v) is 5.41. The molecular formula is C16H24N6O4. The minimum Gasteiger partial charge on any atom is -0.492 e. The molecule has 0 radical (unpaired) electrons. The summed E-state index contributed by atoms with van der Waals surface area (Å²) in [4.78, 5) is 25.3. The second kappa shape index (κ2) is 9.99. The molecule has 2 aromatic rings. The van der Waals surface area contributed by atoms with Crippen molar-refractivity contribution >= 4 is 17.8 Å². The maximum absolute atomic E-state index is 12.3. The Balaban J connectivity index is 0.000000765. The van der Waals surface area contributed by atoms with Gasteiger partial charge in [-0.05, 0) is 31.5 Å². The van der Waals surface area contributed by atoms with Gasteiger partial charge < -0.3 is 26.6 Å². The highest BCUT2D eigenvalue weighted by Gasteiger charge is 2.15. The largest absolute Gasteiger partial charge is 0.492 e. The lowest BCUT2D eigenvalue weighted by atomic mass is 10.1. The zero-order valence-corrected chi connectivity index (χ0v) is 14.9. The summed E-state index contributed by atoms with van der Waals surface area (Å²) < 4.78 is 5.52. The fraction of sp³-hybridized carbons (Fsp3) is 0.375. The van der Waals surface area contributed by atoms with Gasteiger partial charge in [-0.25, -0.2) is 0 Å². The van der Waals surface area contributed by atoms with Gasteiger partial charge in [-0.2, -0.15) is 4.98 Å². The quantitative estimate of drug-likeness (QED) is 0.496. The van der Waals surface area contributed by atoms with Crippen LogP contribution in [0.3, 0.4) is 0 Å². The number of nitrogens with zero attached hydrogens (tertiary/aromatic N) is 2. The number of aliphatic carboxylic acids is 1. The Morgan fingerprint density at radius 2 is 2.08 bits per heavy atom. The van der Waals surface area contributed by atoms with Gasteiger partial charge in [-0.3, -0.25) is 14.7 Å². The Morgan fingerprint density at radius 3 is 2.62 bits per heavy atom. The fourth-order valence-electron chi connectivity index (χ4n) is 1.90. The van der Waals surface area contributed by atoms with Gasteiger partial charge in [-0.15, -0.1) is 5.10 Å². The Bertz CT molecular complexity index is 742. The maximum atomic E-state index is 12.3. The highest BCUT2D eigenvalue weighted by atomic mass is 16.5. The van der Waals surface area contributed by atoms with Crippen LogP contribution in [0.5, 0.6) is 5.75 Å². The molecule has 0 fully saturated rings. The van der Waals surface area contributed by atoms with E-state index in [0.29, 0.717) is 30.3 Å². The number of amides is 1. The van der Waals surface area contributed by atoms with E-state index in [9.17, 15) is 4.79 Å². The Labute approximate surface area is 150 Å². The van der Waals surface area contributed by atoms with Crippen LogP contribution >= 0.6 is 0 Å². The molecule has 1 aromatic carbocycles. The predicted molar refractivity (Wildman–Crippen MR) is 95.7 cm³/mol. The number of hydrogen-bond donors (Lipinski definition) is 5. The first kappa shape index (κ1) is 20.9. The third kappa shape index (κ3) is 6.77. The van der Waals surface area contributed by atoms with Crippen LogP contribution in [0.2, 0.25) is 0 Å². The molecule has 1 aromatic heterocycles. The summed E-state index contributed by atoms with van der Waals surface area (Å²) in [6, 6.07) is 4.92. The van der Waals surface area contributed by atoms with Gasteiger partial charge in [0.15, 0.2) is 0 Å². The van der Waals surface area contributed by atoms with Gasteiger partial charge >= 0.3 is 0 Å². The number of carboxylic acid groups (broad SMARTS) is 1. The van der Waals surface area contributed by atoms with Crippen LogP contribution < -0.4 is 21.5 Å². The molecule has 10 nitrogen and oxygen atoms in total. The average Bonchev–Trinajstić information content (AvgIpc) is 3.00. The molecule has 0 bridgehead atoms. The zero-order chi connectivity index (χ0) is 19.7. The number of anilines is 1. The van der Waals surface area contributed by atoms with Crippen LogP contribution in [0, 0.1) is 6.92 Å². The van der Waals surface area contributed by atoms with E-state index in [0.717, 1.165) is 12.5 Å². The molecule has 1 heterocycles. The summed E-state index contributed by atoms with van der Waals surface area (Å²) >= 11 is 0. The minimum absolute atomic E-state index is 0.143. The van der Waals surface area contributed by atoms with Gasteiger partial charge in [-0.1, -0.05) is 6.07 Å². The van der Waals surface area contributed by atoms with Crippen molar-refractivity contribution in [1.82, 2.24) is 20.5 Å². The summed E-state index contributed by atoms with van der Waals surface area (Å²) in [6.07, 6.45) is 0. The molecule has 2 rings (SSSR count). The number of nitrogen functional groups attached to an aromatic ring is 1. The summed E-state index contributed by atoms with van der Waals surface area (Å²) in [6.45, 7) is 5.60. The van der Waals surface area contributed by atoms with E-state index in [2.05, 4.69) is 20.5 Å². The number of carbonyl (C=O) groups excluding carboxylic acids is 1. The Hall–Kier alpha value is -3.14. The van der Waals surface area contributed by atoms with E-state index in [-0.39, 0.29) is 17.9 Å². The molecule has 7 N–H and O–H groups in total. The number of aromatic amines is 1. The first-order valence-corrected chi connectivity index (χ1v) is 7.86. The summed E-state index contributed by atoms with van der Waals surface area (Å²) in [7, 11) is 0. The Morgan fingerprint density at radius 1 is 1.42 bits per heavy atom. The molecule has 0 aliphatic carbocycles. The fourth-order valence-corrected chi connectivity index (χ4v) is 1.90. The lowest BCUT2D eigenvalue weighted by Gasteiger charge is -2.13. The van der Waals surface area contributed by atoms with Crippen molar-refractivity contribution in [2.24, 2.45) is 5.73 Å². The van der Waals surface area contributed by atoms with E-state index in [4.69, 9.17) is 26.1 Å². The molecule has 0 saturated heterocycles. The first-order chi connectivity index (χ1) is 12.2. The van der Waals surface area contributed by atoms with E-state index < -0.39 is 5.97 Å². The SMILES string of the molecule is CC(=O)O.Cc1ccc(C(=O)NC(C)c2nc(N)n[nH]2)cc1OCCN. The van der Waals surface area contributed by atoms with Crippen LogP contribution in [-0.2, 0) is 4.79 Å². The van der Waals surface area contributed by atoms with Crippen LogP contribution in [0.1, 0.15) is 41.6 Å².